The summed E-state index contributed by atoms with van der Waals surface area (Å²) in [4.78, 5) is 5.25. The van der Waals surface area contributed by atoms with E-state index in [1.165, 1.54) is 74.0 Å². The normalized spacial score (nSPS) is 21.3. The molecule has 19 heavy (non-hydrogen) atoms. The molecule has 2 aliphatic heterocycles. The molecule has 2 aliphatic rings. The zero-order chi connectivity index (χ0) is 13.1. The second-order valence-corrected chi connectivity index (χ2v) is 6.66. The molecule has 0 spiro atoms. The van der Waals surface area contributed by atoms with Crippen molar-refractivity contribution >= 4 is 15.9 Å². The Bertz CT molecular complexity index is 427. The number of fused-ring (bicyclic) bond motifs is 1. The van der Waals surface area contributed by atoms with E-state index in [0.29, 0.717) is 0 Å². The van der Waals surface area contributed by atoms with E-state index in [0.717, 1.165) is 6.54 Å². The van der Waals surface area contributed by atoms with Crippen LogP contribution < -0.4 is 0 Å². The molecule has 0 bridgehead atoms. The lowest BCUT2D eigenvalue weighted by atomic mass is 10.00. The average Bonchev–Trinajstić information content (AvgIpc) is 2.47. The molecule has 104 valence electrons. The van der Waals surface area contributed by atoms with Crippen molar-refractivity contribution in [2.75, 3.05) is 32.7 Å². The number of piperidine rings is 1. The van der Waals surface area contributed by atoms with Crippen LogP contribution in [0.4, 0.5) is 0 Å². The lowest BCUT2D eigenvalue weighted by Crippen LogP contribution is -2.39. The molecule has 0 N–H and O–H groups in total. The molecule has 1 aromatic carbocycles. The van der Waals surface area contributed by atoms with Gasteiger partial charge in [-0.25, -0.2) is 0 Å². The minimum Gasteiger partial charge on any atom is -0.302 e. The first-order chi connectivity index (χ1) is 9.33. The van der Waals surface area contributed by atoms with Crippen LogP contribution in [0.15, 0.2) is 22.7 Å². The van der Waals surface area contributed by atoms with Gasteiger partial charge in [0.1, 0.15) is 0 Å². The maximum atomic E-state index is 3.70. The summed E-state index contributed by atoms with van der Waals surface area (Å²) in [5.74, 6) is 0. The van der Waals surface area contributed by atoms with Crippen molar-refractivity contribution in [1.29, 1.82) is 0 Å². The molecule has 0 aromatic heterocycles. The number of likely N-dealkylation sites (tertiary alicyclic amines) is 1. The number of hydrogen-bond donors (Lipinski definition) is 0. The number of rotatable bonds is 3. The van der Waals surface area contributed by atoms with Crippen LogP contribution >= 0.6 is 15.9 Å². The van der Waals surface area contributed by atoms with Gasteiger partial charge in [0.05, 0.1) is 0 Å². The molecular formula is C16H23BrN2. The SMILES string of the molecule is Brc1cccc2c1CN(CCN1CCCCC1)CC2. The van der Waals surface area contributed by atoms with Crippen LogP contribution in [0.1, 0.15) is 30.4 Å². The smallest absolute Gasteiger partial charge is 0.0248 e. The third-order valence-electron chi connectivity index (χ3n) is 4.48. The molecule has 3 heteroatoms. The van der Waals surface area contributed by atoms with Crippen LogP contribution in [0, 0.1) is 0 Å². The summed E-state index contributed by atoms with van der Waals surface area (Å²) in [5.41, 5.74) is 3.04. The van der Waals surface area contributed by atoms with Gasteiger partial charge >= 0.3 is 0 Å². The Morgan fingerprint density at radius 2 is 1.74 bits per heavy atom. The fourth-order valence-electron chi connectivity index (χ4n) is 3.25. The molecule has 3 rings (SSSR count). The van der Waals surface area contributed by atoms with Crippen molar-refractivity contribution in [3.63, 3.8) is 0 Å². The van der Waals surface area contributed by atoms with E-state index >= 15 is 0 Å². The largest absolute Gasteiger partial charge is 0.302 e. The molecule has 0 amide bonds. The van der Waals surface area contributed by atoms with E-state index in [9.17, 15) is 0 Å². The standard InChI is InChI=1S/C16H23BrN2/c17-16-6-4-5-14-7-10-19(13-15(14)16)12-11-18-8-2-1-3-9-18/h4-6H,1-3,7-13H2. The average molecular weight is 323 g/mol. The van der Waals surface area contributed by atoms with Crippen molar-refractivity contribution in [1.82, 2.24) is 9.80 Å². The molecule has 1 fully saturated rings. The summed E-state index contributed by atoms with van der Waals surface area (Å²) in [6, 6.07) is 6.61. The highest BCUT2D eigenvalue weighted by atomic mass is 79.9. The molecule has 2 heterocycles. The van der Waals surface area contributed by atoms with Gasteiger partial charge in [-0.1, -0.05) is 34.5 Å². The molecule has 1 aromatic rings. The van der Waals surface area contributed by atoms with Crippen molar-refractivity contribution in [2.45, 2.75) is 32.2 Å². The summed E-state index contributed by atoms with van der Waals surface area (Å²) in [6.45, 7) is 7.44. The van der Waals surface area contributed by atoms with E-state index in [4.69, 9.17) is 0 Å². The zero-order valence-corrected chi connectivity index (χ0v) is 13.2. The van der Waals surface area contributed by atoms with Crippen molar-refractivity contribution < 1.29 is 0 Å². The Morgan fingerprint density at radius 3 is 2.58 bits per heavy atom. The summed E-state index contributed by atoms with van der Waals surface area (Å²) in [7, 11) is 0. The first kappa shape index (κ1) is 13.6. The molecule has 0 unspecified atom stereocenters. The lowest BCUT2D eigenvalue weighted by molar-refractivity contribution is 0.173. The Morgan fingerprint density at radius 1 is 0.947 bits per heavy atom. The zero-order valence-electron chi connectivity index (χ0n) is 11.6. The fraction of sp³-hybridized carbons (Fsp3) is 0.625. The molecule has 0 aliphatic carbocycles. The van der Waals surface area contributed by atoms with Gasteiger partial charge in [0.15, 0.2) is 0 Å². The van der Waals surface area contributed by atoms with Crippen molar-refractivity contribution in [3.05, 3.63) is 33.8 Å². The van der Waals surface area contributed by atoms with Gasteiger partial charge in [-0.2, -0.15) is 0 Å². The minimum absolute atomic E-state index is 1.12. The summed E-state index contributed by atoms with van der Waals surface area (Å²) >= 11 is 3.70. The molecule has 1 saturated heterocycles. The fourth-order valence-corrected chi connectivity index (χ4v) is 3.79. The summed E-state index contributed by atoms with van der Waals surface area (Å²) in [5, 5.41) is 0. The Hall–Kier alpha value is -0.380. The maximum Gasteiger partial charge on any atom is 0.0248 e. The van der Waals surface area contributed by atoms with Gasteiger partial charge in [0.25, 0.3) is 0 Å². The number of hydrogen-bond acceptors (Lipinski definition) is 2. The molecule has 0 radical (unpaired) electrons. The van der Waals surface area contributed by atoms with Crippen LogP contribution in [0.3, 0.4) is 0 Å². The lowest BCUT2D eigenvalue weighted by Gasteiger charge is -2.33. The Balaban J connectivity index is 1.55. The van der Waals surface area contributed by atoms with E-state index in [1.54, 1.807) is 0 Å². The predicted molar refractivity (Wildman–Crippen MR) is 83.4 cm³/mol. The van der Waals surface area contributed by atoms with Gasteiger partial charge in [-0.15, -0.1) is 0 Å². The third-order valence-corrected chi connectivity index (χ3v) is 5.22. The van der Waals surface area contributed by atoms with Crippen molar-refractivity contribution in [2.24, 2.45) is 0 Å². The minimum atomic E-state index is 1.12. The highest BCUT2D eigenvalue weighted by Gasteiger charge is 2.19. The number of nitrogens with zero attached hydrogens (tertiary/aromatic N) is 2. The number of benzene rings is 1. The van der Waals surface area contributed by atoms with Crippen LogP contribution in [-0.2, 0) is 13.0 Å². The van der Waals surface area contributed by atoms with E-state index in [1.807, 2.05) is 0 Å². The highest BCUT2D eigenvalue weighted by molar-refractivity contribution is 9.10. The second-order valence-electron chi connectivity index (χ2n) is 5.81. The predicted octanol–water partition coefficient (Wildman–Crippen LogP) is 3.29. The van der Waals surface area contributed by atoms with Crippen LogP contribution in [-0.4, -0.2) is 42.5 Å². The molecular weight excluding hydrogens is 300 g/mol. The Labute approximate surface area is 124 Å². The van der Waals surface area contributed by atoms with Crippen LogP contribution in [0.2, 0.25) is 0 Å². The van der Waals surface area contributed by atoms with E-state index in [2.05, 4.69) is 43.9 Å². The van der Waals surface area contributed by atoms with Crippen LogP contribution in [0.5, 0.6) is 0 Å². The van der Waals surface area contributed by atoms with Gasteiger partial charge < -0.3 is 4.90 Å². The van der Waals surface area contributed by atoms with E-state index in [-0.39, 0.29) is 0 Å². The summed E-state index contributed by atoms with van der Waals surface area (Å²) < 4.78 is 1.28. The Kier molecular flexibility index (Phi) is 4.57. The van der Waals surface area contributed by atoms with E-state index < -0.39 is 0 Å². The summed E-state index contributed by atoms with van der Waals surface area (Å²) in [6.07, 6.45) is 5.43. The molecule has 0 atom stereocenters. The second kappa shape index (κ2) is 6.38. The maximum absolute atomic E-state index is 3.70. The molecule has 2 nitrogen and oxygen atoms in total. The highest BCUT2D eigenvalue weighted by Crippen LogP contribution is 2.26. The van der Waals surface area contributed by atoms with Crippen LogP contribution in [0.25, 0.3) is 0 Å². The van der Waals surface area contributed by atoms with Gasteiger partial charge in [-0.05, 0) is 49.5 Å². The first-order valence-corrected chi connectivity index (χ1v) is 8.33. The third kappa shape index (κ3) is 3.39. The molecule has 0 saturated carbocycles. The van der Waals surface area contributed by atoms with Gasteiger partial charge in [0.2, 0.25) is 0 Å². The van der Waals surface area contributed by atoms with Crippen molar-refractivity contribution in [3.8, 4) is 0 Å². The monoisotopic (exact) mass is 322 g/mol. The topological polar surface area (TPSA) is 6.48 Å². The first-order valence-electron chi connectivity index (χ1n) is 7.54. The quantitative estimate of drug-likeness (QED) is 0.842. The number of halogens is 1. The van der Waals surface area contributed by atoms with Gasteiger partial charge in [0, 0.05) is 30.7 Å². The van der Waals surface area contributed by atoms with Gasteiger partial charge in [-0.3, -0.25) is 4.90 Å².